The molecule has 2 fully saturated rings. The van der Waals surface area contributed by atoms with Crippen LogP contribution < -0.4 is 5.73 Å². The third kappa shape index (κ3) is 6.62. The average Bonchev–Trinajstić information content (AvgIpc) is 3.04. The van der Waals surface area contributed by atoms with Crippen LogP contribution in [-0.2, 0) is 23.9 Å². The summed E-state index contributed by atoms with van der Waals surface area (Å²) in [5.41, 5.74) is 9.35. The Balaban J connectivity index is 1.39. The van der Waals surface area contributed by atoms with Crippen LogP contribution >= 0.6 is 0 Å². The van der Waals surface area contributed by atoms with E-state index in [-0.39, 0.29) is 6.42 Å². The van der Waals surface area contributed by atoms with Gasteiger partial charge in [-0.1, -0.05) is 48.5 Å². The van der Waals surface area contributed by atoms with Crippen molar-refractivity contribution in [3.05, 3.63) is 106 Å². The maximum Gasteiger partial charge on any atom is 0.416 e. The Labute approximate surface area is 254 Å². The van der Waals surface area contributed by atoms with Gasteiger partial charge in [-0.2, -0.15) is 13.2 Å². The number of nitrogens with two attached hydrogens (primary N) is 1. The molecule has 2 aliphatic rings. The molecule has 0 spiro atoms. The van der Waals surface area contributed by atoms with Crippen molar-refractivity contribution in [3.63, 3.8) is 0 Å². The van der Waals surface area contributed by atoms with Gasteiger partial charge in [-0.3, -0.25) is 24.6 Å². The number of amides is 1. The molecule has 0 aliphatic carbocycles. The Morgan fingerprint density at radius 3 is 2.39 bits per heavy atom. The van der Waals surface area contributed by atoms with Crippen molar-refractivity contribution < 1.29 is 22.7 Å². The Bertz CT molecular complexity index is 1600. The van der Waals surface area contributed by atoms with Crippen LogP contribution in [0.2, 0.25) is 0 Å². The molecule has 4 aromatic rings. The van der Waals surface area contributed by atoms with E-state index >= 15 is 0 Å². The van der Waals surface area contributed by atoms with Crippen molar-refractivity contribution >= 4 is 16.9 Å². The number of piperidine rings is 1. The lowest BCUT2D eigenvalue weighted by Gasteiger charge is -2.40. The second kappa shape index (κ2) is 13.0. The predicted molar refractivity (Wildman–Crippen MR) is 162 cm³/mol. The quantitative estimate of drug-likeness (QED) is 0.290. The summed E-state index contributed by atoms with van der Waals surface area (Å²) in [6.45, 7) is 5.54. The van der Waals surface area contributed by atoms with Gasteiger partial charge in [-0.05, 0) is 55.3 Å². The minimum atomic E-state index is -4.47. The van der Waals surface area contributed by atoms with E-state index in [1.165, 1.54) is 12.1 Å². The lowest BCUT2D eigenvalue weighted by molar-refractivity contribution is -0.137. The van der Waals surface area contributed by atoms with Crippen molar-refractivity contribution in [3.8, 4) is 0 Å². The molecule has 4 heterocycles. The van der Waals surface area contributed by atoms with Gasteiger partial charge in [0.15, 0.2) is 0 Å². The number of ether oxygens (including phenoxy) is 1. The van der Waals surface area contributed by atoms with E-state index in [0.717, 1.165) is 63.9 Å². The van der Waals surface area contributed by atoms with Crippen LogP contribution in [0.25, 0.3) is 11.0 Å². The van der Waals surface area contributed by atoms with Gasteiger partial charge in [0, 0.05) is 55.5 Å². The summed E-state index contributed by atoms with van der Waals surface area (Å²) < 4.78 is 46.8. The summed E-state index contributed by atoms with van der Waals surface area (Å²) in [5, 5.41) is 0. The van der Waals surface area contributed by atoms with Gasteiger partial charge in [0.1, 0.15) is 5.52 Å². The van der Waals surface area contributed by atoms with E-state index in [0.29, 0.717) is 46.0 Å². The molecule has 1 amide bonds. The van der Waals surface area contributed by atoms with Crippen molar-refractivity contribution in [1.29, 1.82) is 0 Å². The zero-order valence-electron chi connectivity index (χ0n) is 24.5. The van der Waals surface area contributed by atoms with Crippen LogP contribution in [0.15, 0.2) is 72.9 Å². The van der Waals surface area contributed by atoms with E-state index in [1.807, 2.05) is 30.3 Å². The molecule has 0 saturated carbocycles. The second-order valence-corrected chi connectivity index (χ2v) is 11.6. The fourth-order valence-corrected chi connectivity index (χ4v) is 6.63. The minimum absolute atomic E-state index is 0.288. The summed E-state index contributed by atoms with van der Waals surface area (Å²) >= 11 is 0. The molecular formula is C34H36F3N5O2. The molecule has 0 radical (unpaired) electrons. The first-order valence-corrected chi connectivity index (χ1v) is 15.1. The number of nitrogens with zero attached hydrogens (tertiary/aromatic N) is 4. The van der Waals surface area contributed by atoms with Crippen LogP contribution in [0.1, 0.15) is 57.1 Å². The topological polar surface area (TPSA) is 84.6 Å². The number of carbonyl (C=O) groups is 1. The number of alkyl halides is 3. The fraction of sp³-hybridized carbons (Fsp3) is 0.382. The molecule has 230 valence electrons. The first kappa shape index (κ1) is 30.2. The molecule has 1 atom stereocenters. The molecular weight excluding hydrogens is 567 g/mol. The Kier molecular flexibility index (Phi) is 8.93. The van der Waals surface area contributed by atoms with Crippen LogP contribution in [0.4, 0.5) is 13.2 Å². The zero-order valence-corrected chi connectivity index (χ0v) is 24.5. The number of morpholine rings is 1. The number of hydrogen-bond acceptors (Lipinski definition) is 6. The van der Waals surface area contributed by atoms with E-state index < -0.39 is 23.6 Å². The SMILES string of the molecule is NC(=O)c1c(CN2CCC(N3CCOCC3)CC2)c(CC(c2ccccc2)c2cccc(C(F)(F)F)c2)nc2cccnc12. The molecule has 2 saturated heterocycles. The standard InChI is InChI=1S/C34H36F3N5O2/c35-34(36,37)25-9-4-8-24(20-25)27(23-6-2-1-3-7-23)21-30-28(31(33(38)43)32-29(40-30)10-5-13-39-32)22-41-14-11-26(12-15-41)42-16-18-44-19-17-42/h1-10,13,20,26-27H,11-12,14-19,21-22H2,(H2,38,43). The third-order valence-corrected chi connectivity index (χ3v) is 8.89. The van der Waals surface area contributed by atoms with Crippen molar-refractivity contribution in [2.24, 2.45) is 5.73 Å². The molecule has 6 rings (SSSR count). The van der Waals surface area contributed by atoms with Gasteiger partial charge >= 0.3 is 6.18 Å². The molecule has 10 heteroatoms. The first-order chi connectivity index (χ1) is 21.3. The minimum Gasteiger partial charge on any atom is -0.379 e. The van der Waals surface area contributed by atoms with Crippen LogP contribution in [0.3, 0.4) is 0 Å². The molecule has 1 unspecified atom stereocenters. The van der Waals surface area contributed by atoms with E-state index in [1.54, 1.807) is 24.4 Å². The third-order valence-electron chi connectivity index (χ3n) is 8.89. The maximum atomic E-state index is 13.8. The van der Waals surface area contributed by atoms with Gasteiger partial charge in [0.05, 0.1) is 29.9 Å². The van der Waals surface area contributed by atoms with E-state index in [2.05, 4.69) is 14.8 Å². The molecule has 7 nitrogen and oxygen atoms in total. The lowest BCUT2D eigenvalue weighted by atomic mass is 9.84. The number of halogens is 3. The van der Waals surface area contributed by atoms with Gasteiger partial charge in [0.25, 0.3) is 5.91 Å². The smallest absolute Gasteiger partial charge is 0.379 e. The number of carbonyl (C=O) groups excluding carboxylic acids is 1. The van der Waals surface area contributed by atoms with Gasteiger partial charge < -0.3 is 10.5 Å². The summed E-state index contributed by atoms with van der Waals surface area (Å²) in [4.78, 5) is 27.4. The number of benzene rings is 2. The van der Waals surface area contributed by atoms with Crippen molar-refractivity contribution in [2.45, 2.75) is 43.9 Å². The lowest BCUT2D eigenvalue weighted by Crippen LogP contribution is -2.48. The largest absolute Gasteiger partial charge is 0.416 e. The van der Waals surface area contributed by atoms with Crippen LogP contribution in [-0.4, -0.2) is 71.1 Å². The number of fused-ring (bicyclic) bond motifs is 1. The van der Waals surface area contributed by atoms with E-state index in [9.17, 15) is 18.0 Å². The number of primary amides is 1. The van der Waals surface area contributed by atoms with Crippen LogP contribution in [0, 0.1) is 0 Å². The first-order valence-electron chi connectivity index (χ1n) is 15.1. The van der Waals surface area contributed by atoms with Gasteiger partial charge in [-0.25, -0.2) is 0 Å². The average molecular weight is 604 g/mol. The highest BCUT2D eigenvalue weighted by molar-refractivity contribution is 6.05. The number of rotatable bonds is 8. The number of aromatic nitrogens is 2. The molecule has 2 aliphatic heterocycles. The van der Waals surface area contributed by atoms with Gasteiger partial charge in [-0.15, -0.1) is 0 Å². The number of likely N-dealkylation sites (tertiary alicyclic amines) is 1. The molecule has 2 aromatic heterocycles. The predicted octanol–water partition coefficient (Wildman–Crippen LogP) is 5.42. The molecule has 2 aromatic carbocycles. The number of pyridine rings is 2. The van der Waals surface area contributed by atoms with E-state index in [4.69, 9.17) is 15.5 Å². The molecule has 2 N–H and O–H groups in total. The maximum absolute atomic E-state index is 13.8. The van der Waals surface area contributed by atoms with Crippen molar-refractivity contribution in [2.75, 3.05) is 39.4 Å². The highest BCUT2D eigenvalue weighted by Gasteiger charge is 2.32. The Hall–Kier alpha value is -3.86. The summed E-state index contributed by atoms with van der Waals surface area (Å²) in [5.74, 6) is -1.03. The zero-order chi connectivity index (χ0) is 30.7. The summed E-state index contributed by atoms with van der Waals surface area (Å²) in [6.07, 6.45) is -0.574. The second-order valence-electron chi connectivity index (χ2n) is 11.6. The highest BCUT2D eigenvalue weighted by Crippen LogP contribution is 2.36. The van der Waals surface area contributed by atoms with Crippen molar-refractivity contribution in [1.82, 2.24) is 19.8 Å². The highest BCUT2D eigenvalue weighted by atomic mass is 19.4. The Morgan fingerprint density at radius 1 is 0.955 bits per heavy atom. The summed E-state index contributed by atoms with van der Waals surface area (Å²) in [7, 11) is 0. The van der Waals surface area contributed by atoms with Crippen LogP contribution in [0.5, 0.6) is 0 Å². The summed E-state index contributed by atoms with van der Waals surface area (Å²) in [6, 6.07) is 19.0. The molecule has 0 bridgehead atoms. The van der Waals surface area contributed by atoms with Gasteiger partial charge in [0.2, 0.25) is 0 Å². The number of hydrogen-bond donors (Lipinski definition) is 1. The molecule has 44 heavy (non-hydrogen) atoms. The monoisotopic (exact) mass is 603 g/mol. The normalized spacial score (nSPS) is 18.0. The Morgan fingerprint density at radius 2 is 1.68 bits per heavy atom. The fourth-order valence-electron chi connectivity index (χ4n) is 6.63.